The number of piperazine rings is 1. The van der Waals surface area contributed by atoms with Crippen LogP contribution in [0.15, 0.2) is 30.5 Å². The lowest BCUT2D eigenvalue weighted by molar-refractivity contribution is -0.384. The van der Waals surface area contributed by atoms with Crippen LogP contribution in [0.2, 0.25) is 0 Å². The van der Waals surface area contributed by atoms with Crippen molar-refractivity contribution in [1.29, 1.82) is 0 Å². The summed E-state index contributed by atoms with van der Waals surface area (Å²) < 4.78 is 39.3. The molecule has 2 fully saturated rings. The zero-order valence-corrected chi connectivity index (χ0v) is 17.5. The first-order chi connectivity index (χ1) is 15.7. The van der Waals surface area contributed by atoms with Gasteiger partial charge in [-0.25, -0.2) is 4.98 Å². The van der Waals surface area contributed by atoms with Crippen molar-refractivity contribution in [2.24, 2.45) is 0 Å². The molecule has 0 radical (unpaired) electrons. The highest BCUT2D eigenvalue weighted by Crippen LogP contribution is 2.34. The van der Waals surface area contributed by atoms with Crippen LogP contribution in [-0.2, 0) is 11.0 Å². The Labute approximate surface area is 186 Å². The number of hydrogen-bond donors (Lipinski definition) is 2. The van der Waals surface area contributed by atoms with Crippen LogP contribution in [0.4, 0.5) is 36.3 Å². The van der Waals surface area contributed by atoms with Crippen molar-refractivity contribution in [3.8, 4) is 0 Å². The maximum Gasteiger partial charge on any atom is 0.418 e. The van der Waals surface area contributed by atoms with Crippen LogP contribution >= 0.6 is 0 Å². The summed E-state index contributed by atoms with van der Waals surface area (Å²) in [6.07, 6.45) is -1.51. The van der Waals surface area contributed by atoms with Crippen LogP contribution < -0.4 is 15.5 Å². The molecule has 176 valence electrons. The lowest BCUT2D eigenvalue weighted by Crippen LogP contribution is -2.49. The molecular weight excluding hydrogens is 443 g/mol. The summed E-state index contributed by atoms with van der Waals surface area (Å²) in [5, 5.41) is 16.6. The molecule has 2 aromatic rings. The van der Waals surface area contributed by atoms with Crippen LogP contribution in [-0.4, -0.2) is 64.5 Å². The molecule has 4 rings (SSSR count). The van der Waals surface area contributed by atoms with E-state index in [0.29, 0.717) is 32.1 Å². The molecule has 0 spiro atoms. The highest BCUT2D eigenvalue weighted by atomic mass is 19.4. The average molecular weight is 465 g/mol. The lowest BCUT2D eigenvalue weighted by Gasteiger charge is -2.34. The zero-order chi connectivity index (χ0) is 23.6. The topological polar surface area (TPSA) is 117 Å². The third kappa shape index (κ3) is 5.66. The number of nitrogens with one attached hydrogen (secondary N) is 2. The zero-order valence-electron chi connectivity index (χ0n) is 17.5. The molecule has 1 saturated heterocycles. The van der Waals surface area contributed by atoms with Gasteiger partial charge in [0.1, 0.15) is 6.20 Å². The first-order valence-corrected chi connectivity index (χ1v) is 10.4. The molecule has 33 heavy (non-hydrogen) atoms. The molecule has 0 atom stereocenters. The van der Waals surface area contributed by atoms with E-state index in [4.69, 9.17) is 0 Å². The second-order valence-electron chi connectivity index (χ2n) is 7.93. The number of halogens is 3. The number of rotatable bonds is 7. The van der Waals surface area contributed by atoms with Gasteiger partial charge in [-0.2, -0.15) is 18.2 Å². The Balaban J connectivity index is 1.34. The highest BCUT2D eigenvalue weighted by Gasteiger charge is 2.34. The molecule has 0 bridgehead atoms. The number of aromatic nitrogens is 2. The number of anilines is 3. The van der Waals surface area contributed by atoms with Crippen molar-refractivity contribution in [3.63, 3.8) is 0 Å². The molecular formula is C20H22F3N7O3. The van der Waals surface area contributed by atoms with Gasteiger partial charge in [0.15, 0.2) is 0 Å². The van der Waals surface area contributed by atoms with E-state index >= 15 is 0 Å². The molecule has 1 saturated carbocycles. The second-order valence-corrected chi connectivity index (χ2v) is 7.93. The Kier molecular flexibility index (Phi) is 6.31. The maximum absolute atomic E-state index is 13.1. The molecule has 0 unspecified atom stereocenters. The second kappa shape index (κ2) is 9.17. The number of benzene rings is 1. The van der Waals surface area contributed by atoms with E-state index in [1.165, 1.54) is 24.4 Å². The largest absolute Gasteiger partial charge is 0.418 e. The predicted octanol–water partition coefficient (Wildman–Crippen LogP) is 2.74. The van der Waals surface area contributed by atoms with Gasteiger partial charge in [-0.15, -0.1) is 0 Å². The summed E-state index contributed by atoms with van der Waals surface area (Å²) in [4.78, 5) is 35.2. The number of alkyl halides is 3. The van der Waals surface area contributed by atoms with E-state index in [9.17, 15) is 28.1 Å². The molecule has 13 heteroatoms. The van der Waals surface area contributed by atoms with Crippen molar-refractivity contribution in [3.05, 3.63) is 46.1 Å². The van der Waals surface area contributed by atoms with E-state index in [-0.39, 0.29) is 29.8 Å². The van der Waals surface area contributed by atoms with E-state index in [2.05, 4.69) is 20.6 Å². The van der Waals surface area contributed by atoms with Crippen molar-refractivity contribution < 1.29 is 22.9 Å². The first kappa shape index (κ1) is 22.7. The van der Waals surface area contributed by atoms with Crippen molar-refractivity contribution in [1.82, 2.24) is 14.9 Å². The standard InChI is InChI=1S/C20H22F3N7O3/c21-20(22,23)14-3-1-2-4-15(14)26-17(31)12-28-7-9-29(10-8-28)19-24-11-16(30(32)33)18(27-19)25-13-5-6-13/h1-4,11,13H,5-10,12H2,(H,26,31)(H,24,25,27). The number of amides is 1. The van der Waals surface area contributed by atoms with E-state index in [1.54, 1.807) is 0 Å². The number of hydrogen-bond acceptors (Lipinski definition) is 8. The average Bonchev–Trinajstić information content (AvgIpc) is 3.57. The Morgan fingerprint density at radius 2 is 1.88 bits per heavy atom. The van der Waals surface area contributed by atoms with Gasteiger partial charge >= 0.3 is 11.9 Å². The summed E-state index contributed by atoms with van der Waals surface area (Å²) in [5.41, 5.74) is -1.35. The minimum absolute atomic E-state index is 0.0599. The van der Waals surface area contributed by atoms with Gasteiger partial charge in [-0.3, -0.25) is 19.8 Å². The van der Waals surface area contributed by atoms with E-state index < -0.39 is 22.6 Å². The van der Waals surface area contributed by atoms with Gasteiger partial charge in [0.2, 0.25) is 17.7 Å². The Hall–Kier alpha value is -3.48. The van der Waals surface area contributed by atoms with E-state index in [1.807, 2.05) is 9.80 Å². The van der Waals surface area contributed by atoms with E-state index in [0.717, 1.165) is 18.9 Å². The molecule has 1 aliphatic heterocycles. The molecule has 2 aliphatic rings. The number of para-hydroxylation sites is 1. The van der Waals surface area contributed by atoms with Crippen LogP contribution in [0.3, 0.4) is 0 Å². The van der Waals surface area contributed by atoms with Crippen LogP contribution in [0.25, 0.3) is 0 Å². The van der Waals surface area contributed by atoms with Gasteiger partial charge < -0.3 is 15.5 Å². The molecule has 1 aliphatic carbocycles. The van der Waals surface area contributed by atoms with Gasteiger partial charge in [0.05, 0.1) is 22.7 Å². The normalized spacial score (nSPS) is 17.0. The summed E-state index contributed by atoms with van der Waals surface area (Å²) in [5.74, 6) is 0.00671. The minimum atomic E-state index is -4.56. The third-order valence-corrected chi connectivity index (χ3v) is 5.40. The van der Waals surface area contributed by atoms with Gasteiger partial charge in [-0.1, -0.05) is 12.1 Å². The summed E-state index contributed by atoms with van der Waals surface area (Å²) in [6, 6.07) is 5.02. The summed E-state index contributed by atoms with van der Waals surface area (Å²) in [6.45, 7) is 1.79. The number of nitro groups is 1. The summed E-state index contributed by atoms with van der Waals surface area (Å²) >= 11 is 0. The Morgan fingerprint density at radius 3 is 2.52 bits per heavy atom. The van der Waals surface area contributed by atoms with Crippen molar-refractivity contribution in [2.75, 3.05) is 48.3 Å². The molecule has 1 aromatic carbocycles. The summed E-state index contributed by atoms with van der Waals surface area (Å²) in [7, 11) is 0. The van der Waals surface area contributed by atoms with Crippen LogP contribution in [0, 0.1) is 10.1 Å². The SMILES string of the molecule is O=C(CN1CCN(c2ncc([N+](=O)[O-])c(NC3CC3)n2)CC1)Nc1ccccc1C(F)(F)F. The number of carbonyl (C=O) groups excluding carboxylic acids is 1. The van der Waals surface area contributed by atoms with Gasteiger partial charge in [0, 0.05) is 32.2 Å². The monoisotopic (exact) mass is 465 g/mol. The van der Waals surface area contributed by atoms with Gasteiger partial charge in [0.25, 0.3) is 0 Å². The van der Waals surface area contributed by atoms with Crippen molar-refractivity contribution >= 4 is 29.0 Å². The molecule has 10 nitrogen and oxygen atoms in total. The predicted molar refractivity (Wildman–Crippen MR) is 114 cm³/mol. The highest BCUT2D eigenvalue weighted by molar-refractivity contribution is 5.93. The number of carbonyl (C=O) groups is 1. The molecule has 2 heterocycles. The fourth-order valence-corrected chi connectivity index (χ4v) is 3.52. The van der Waals surface area contributed by atoms with Crippen LogP contribution in [0.1, 0.15) is 18.4 Å². The maximum atomic E-state index is 13.1. The Bertz CT molecular complexity index is 1040. The Morgan fingerprint density at radius 1 is 1.18 bits per heavy atom. The molecule has 1 aromatic heterocycles. The molecule has 2 N–H and O–H groups in total. The molecule has 1 amide bonds. The van der Waals surface area contributed by atoms with Crippen LogP contribution in [0.5, 0.6) is 0 Å². The first-order valence-electron chi connectivity index (χ1n) is 10.4. The smallest absolute Gasteiger partial charge is 0.361 e. The van der Waals surface area contributed by atoms with Crippen molar-refractivity contribution in [2.45, 2.75) is 25.1 Å². The quantitative estimate of drug-likeness (QED) is 0.474. The third-order valence-electron chi connectivity index (χ3n) is 5.40. The fourth-order valence-electron chi connectivity index (χ4n) is 3.52. The fraction of sp³-hybridized carbons (Fsp3) is 0.450. The number of nitrogens with zero attached hydrogens (tertiary/aromatic N) is 5. The van der Waals surface area contributed by atoms with Gasteiger partial charge in [-0.05, 0) is 25.0 Å². The minimum Gasteiger partial charge on any atom is -0.361 e. The lowest BCUT2D eigenvalue weighted by atomic mass is 10.1.